The van der Waals surface area contributed by atoms with Crippen molar-refractivity contribution in [3.8, 4) is 0 Å². The number of methoxy groups -OCH3 is 3. The van der Waals surface area contributed by atoms with Crippen molar-refractivity contribution in [2.24, 2.45) is 0 Å². The molecule has 0 aliphatic rings. The van der Waals surface area contributed by atoms with Crippen LogP contribution in [0.15, 0.2) is 0 Å². The van der Waals surface area contributed by atoms with Gasteiger partial charge >= 0.3 is 82.5 Å². The molecule has 0 heterocycles. The first-order valence-corrected chi connectivity index (χ1v) is 19.3. The predicted molar refractivity (Wildman–Crippen MR) is 186 cm³/mol. The van der Waals surface area contributed by atoms with Crippen molar-refractivity contribution in [3.63, 3.8) is 0 Å². The average Bonchev–Trinajstić information content (AvgIpc) is 3.08. The van der Waals surface area contributed by atoms with Crippen molar-refractivity contribution in [2.45, 2.75) is 101 Å². The van der Waals surface area contributed by atoms with Gasteiger partial charge in [-0.25, -0.2) is 0 Å². The van der Waals surface area contributed by atoms with Gasteiger partial charge in [0.25, 0.3) is 0 Å². The molecular weight excluding hydrogens is 779 g/mol. The molecule has 47 heavy (non-hydrogen) atoms. The molecular formula is C31H54O12S3Sn. The maximum Gasteiger partial charge on any atom is 0.305 e. The summed E-state index contributed by atoms with van der Waals surface area (Å²) >= 11 is 15.5. The molecule has 0 saturated carbocycles. The van der Waals surface area contributed by atoms with Gasteiger partial charge in [0.2, 0.25) is 0 Å². The van der Waals surface area contributed by atoms with E-state index in [-0.39, 0.29) is 35.8 Å². The van der Waals surface area contributed by atoms with Gasteiger partial charge in [0.05, 0.1) is 41.2 Å². The maximum atomic E-state index is 10.9. The minimum absolute atomic E-state index is 0.246. The van der Waals surface area contributed by atoms with Crippen molar-refractivity contribution >= 4 is 96.2 Å². The third-order valence-electron chi connectivity index (χ3n) is 5.29. The van der Waals surface area contributed by atoms with Gasteiger partial charge < -0.3 is 66.3 Å². The summed E-state index contributed by atoms with van der Waals surface area (Å²) in [6.45, 7) is 3.12. The number of rotatable bonds is 23. The summed E-state index contributed by atoms with van der Waals surface area (Å²) < 4.78 is 29.1. The van der Waals surface area contributed by atoms with E-state index in [0.717, 1.165) is 0 Å². The second kappa shape index (κ2) is 44.7. The fourth-order valence-electron chi connectivity index (χ4n) is 2.78. The first-order valence-electron chi connectivity index (χ1n) is 15.6. The van der Waals surface area contributed by atoms with Crippen LogP contribution in [0.4, 0.5) is 0 Å². The first kappa shape index (κ1) is 52.5. The van der Waals surface area contributed by atoms with E-state index in [4.69, 9.17) is 14.2 Å². The van der Waals surface area contributed by atoms with E-state index in [1.165, 1.54) is 38.6 Å². The van der Waals surface area contributed by atoms with E-state index in [2.05, 4.69) is 59.0 Å². The van der Waals surface area contributed by atoms with Crippen LogP contribution in [0.3, 0.4) is 0 Å². The fraction of sp³-hybridized carbons (Fsp3) is 0.806. The molecule has 0 radical (unpaired) electrons. The van der Waals surface area contributed by atoms with Crippen LogP contribution in [0.1, 0.15) is 96.8 Å². The Kier molecular flexibility index (Phi) is 49.9. The van der Waals surface area contributed by atoms with Gasteiger partial charge in [-0.3, -0.25) is 28.8 Å². The topological polar surface area (TPSA) is 158 Å². The van der Waals surface area contributed by atoms with Crippen molar-refractivity contribution in [1.29, 1.82) is 0 Å². The summed E-state index contributed by atoms with van der Waals surface area (Å²) in [6, 6.07) is 0. The zero-order valence-electron chi connectivity index (χ0n) is 28.5. The molecule has 16 heteroatoms. The van der Waals surface area contributed by atoms with Crippen LogP contribution in [0.25, 0.3) is 0 Å². The van der Waals surface area contributed by atoms with Crippen LogP contribution in [-0.4, -0.2) is 117 Å². The van der Waals surface area contributed by atoms with E-state index >= 15 is 0 Å². The number of hydrogen-bond acceptors (Lipinski definition) is 15. The molecule has 0 spiro atoms. The van der Waals surface area contributed by atoms with Crippen molar-refractivity contribution in [1.82, 2.24) is 0 Å². The number of unbranched alkanes of at least 4 members (excludes halogenated alkanes) is 4. The summed E-state index contributed by atoms with van der Waals surface area (Å²) in [6.07, 6.45) is 8.75. The average molecular weight is 834 g/mol. The van der Waals surface area contributed by atoms with Crippen LogP contribution in [0.2, 0.25) is 4.44 Å². The monoisotopic (exact) mass is 834 g/mol. The Balaban J connectivity index is -0.000000275. The molecule has 0 saturated heterocycles. The molecule has 0 aromatic rings. The molecule has 0 aliphatic heterocycles. The Morgan fingerprint density at radius 1 is 0.447 bits per heavy atom. The van der Waals surface area contributed by atoms with Gasteiger partial charge in [-0.2, -0.15) is 0 Å². The summed E-state index contributed by atoms with van der Waals surface area (Å²) in [5.41, 5.74) is 0. The van der Waals surface area contributed by atoms with Gasteiger partial charge in [-0.15, -0.1) is 17.3 Å². The van der Waals surface area contributed by atoms with Crippen molar-refractivity contribution in [3.05, 3.63) is 0 Å². The molecule has 272 valence electrons. The zero-order chi connectivity index (χ0) is 36.6. The molecule has 0 unspecified atom stereocenters. The Morgan fingerprint density at radius 2 is 0.681 bits per heavy atom. The molecule has 0 aromatic carbocycles. The van der Waals surface area contributed by atoms with Crippen LogP contribution in [-0.2, 0) is 95.1 Å². The van der Waals surface area contributed by atoms with E-state index in [9.17, 15) is 28.8 Å². The molecule has 0 rings (SSSR count). The smallest absolute Gasteiger partial charge is 0.305 e. The molecule has 0 aromatic heterocycles. The summed E-state index contributed by atoms with van der Waals surface area (Å²) in [4.78, 5) is 64.8. The van der Waals surface area contributed by atoms with Crippen molar-refractivity contribution in [2.75, 3.05) is 58.4 Å². The minimum Gasteiger partial charge on any atom is -0.789 e. The van der Waals surface area contributed by atoms with Gasteiger partial charge in [0.15, 0.2) is 0 Å². The molecule has 0 N–H and O–H groups in total. The van der Waals surface area contributed by atoms with Gasteiger partial charge in [-0.1, -0.05) is 0 Å². The third-order valence-corrected chi connectivity index (χ3v) is 6.80. The Morgan fingerprint density at radius 3 is 0.830 bits per heavy atom. The van der Waals surface area contributed by atoms with Crippen molar-refractivity contribution < 1.29 is 57.2 Å². The number of carbonyl (C=O) groups excluding carboxylic acids is 6. The van der Waals surface area contributed by atoms with Gasteiger partial charge in [-0.05, 0) is 38.5 Å². The number of esters is 6. The Bertz CT molecular complexity index is 692. The Hall–Kier alpha value is -1.33. The zero-order valence-corrected chi connectivity index (χ0v) is 33.8. The standard InChI is InChI=1S/3C9H16O4S.C4H9.Sn/c3*1-12-8(10)4-2-3-5-9(11)13-6-7-14;1-3-4-2;/h3*14H,2-7H2,1H3;1,3-4H2,2H3;/q;;;;+3/p-3. The molecule has 0 fully saturated rings. The predicted octanol–water partition coefficient (Wildman–Crippen LogP) is 3.80. The quantitative estimate of drug-likeness (QED) is 0.0481. The molecule has 0 aliphatic carbocycles. The van der Waals surface area contributed by atoms with Crippen LogP contribution in [0, 0.1) is 0 Å². The molecule has 12 nitrogen and oxygen atoms in total. The minimum atomic E-state index is -0.250. The summed E-state index contributed by atoms with van der Waals surface area (Å²) in [5, 5.41) is 0. The summed E-state index contributed by atoms with van der Waals surface area (Å²) in [5.74, 6) is -0.216. The van der Waals surface area contributed by atoms with Gasteiger partial charge in [0, 0.05) is 38.5 Å². The number of ether oxygens (including phenoxy) is 6. The maximum absolute atomic E-state index is 10.9. The first-order chi connectivity index (χ1) is 22.5. The second-order valence-corrected chi connectivity index (χ2v) is 11.9. The molecule has 0 bridgehead atoms. The summed E-state index contributed by atoms with van der Waals surface area (Å²) in [7, 11) is 4.04. The van der Waals surface area contributed by atoms with E-state index in [1.54, 1.807) is 22.5 Å². The van der Waals surface area contributed by atoms with E-state index in [0.29, 0.717) is 114 Å². The van der Waals surface area contributed by atoms with E-state index in [1.807, 2.05) is 0 Å². The van der Waals surface area contributed by atoms with Crippen LogP contribution < -0.4 is 0 Å². The van der Waals surface area contributed by atoms with Gasteiger partial charge in [0.1, 0.15) is 0 Å². The van der Waals surface area contributed by atoms with E-state index < -0.39 is 0 Å². The Labute approximate surface area is 311 Å². The fourth-order valence-corrected chi connectivity index (χ4v) is 4.04. The molecule has 0 atom stereocenters. The normalized spacial score (nSPS) is 9.47. The largest absolute Gasteiger partial charge is 0.789 e. The SMILES string of the molecule is CCC[CH2][Sn+3].COC(=O)CCCCC(=O)OCC[S-].COC(=O)CCCCC(=O)OCC[S-].COC(=O)CCCCC(=O)OCC[S-]. The second-order valence-electron chi connectivity index (χ2n) is 9.23. The number of carbonyl (C=O) groups is 6. The number of hydrogen-bond donors (Lipinski definition) is 0. The molecule has 0 amide bonds. The van der Waals surface area contributed by atoms with Crippen LogP contribution in [0.5, 0.6) is 0 Å². The van der Waals surface area contributed by atoms with Crippen LogP contribution >= 0.6 is 0 Å². The third kappa shape index (κ3) is 51.7.